The van der Waals surface area contributed by atoms with E-state index in [9.17, 15) is 8.42 Å². The number of nitrogens with two attached hydrogens (primary N) is 1. The van der Waals surface area contributed by atoms with Gasteiger partial charge in [0.2, 0.25) is 10.0 Å². The van der Waals surface area contributed by atoms with Crippen molar-refractivity contribution in [2.45, 2.75) is 50.7 Å². The van der Waals surface area contributed by atoms with Gasteiger partial charge in [-0.05, 0) is 19.3 Å². The van der Waals surface area contributed by atoms with Gasteiger partial charge in [0.05, 0.1) is 5.25 Å². The van der Waals surface area contributed by atoms with Crippen molar-refractivity contribution in [1.82, 2.24) is 0 Å². The van der Waals surface area contributed by atoms with E-state index in [0.29, 0.717) is 18.7 Å². The fraction of sp³-hybridized carbons (Fsp3) is 1.00. The van der Waals surface area contributed by atoms with Crippen molar-refractivity contribution in [2.24, 2.45) is 5.14 Å². The van der Waals surface area contributed by atoms with E-state index < -0.39 is 10.0 Å². The summed E-state index contributed by atoms with van der Waals surface area (Å²) in [5, 5.41) is 4.77. The van der Waals surface area contributed by atoms with Gasteiger partial charge in [0, 0.05) is 5.88 Å². The van der Waals surface area contributed by atoms with E-state index in [0.717, 1.165) is 25.7 Å². The first-order valence-electron chi connectivity index (χ1n) is 5.10. The Kier molecular flexibility index (Phi) is 7.59. The van der Waals surface area contributed by atoms with Crippen LogP contribution >= 0.6 is 11.6 Å². The highest BCUT2D eigenvalue weighted by Gasteiger charge is 2.19. The van der Waals surface area contributed by atoms with Gasteiger partial charge in [-0.15, -0.1) is 11.6 Å². The zero-order valence-electron chi connectivity index (χ0n) is 8.71. The van der Waals surface area contributed by atoms with Crippen molar-refractivity contribution in [3.8, 4) is 0 Å². The molecule has 3 nitrogen and oxygen atoms in total. The molecule has 2 N–H and O–H groups in total. The van der Waals surface area contributed by atoms with Crippen LogP contribution in [0.2, 0.25) is 0 Å². The fourth-order valence-corrected chi connectivity index (χ4v) is 2.69. The van der Waals surface area contributed by atoms with Crippen LogP contribution in [-0.2, 0) is 10.0 Å². The summed E-state index contributed by atoms with van der Waals surface area (Å²) in [6.07, 6.45) is 5.03. The summed E-state index contributed by atoms with van der Waals surface area (Å²) in [5.41, 5.74) is 0. The molecular formula is C9H20ClNO2S. The van der Waals surface area contributed by atoms with Crippen LogP contribution in [0.3, 0.4) is 0 Å². The molecule has 0 aromatic carbocycles. The Balaban J connectivity index is 3.87. The number of halogens is 1. The molecule has 0 saturated carbocycles. The second-order valence-electron chi connectivity index (χ2n) is 3.54. The molecule has 0 rings (SSSR count). The van der Waals surface area contributed by atoms with Crippen LogP contribution in [0.25, 0.3) is 0 Å². The summed E-state index contributed by atoms with van der Waals surface area (Å²) in [4.78, 5) is 0. The maximum atomic E-state index is 11.1. The van der Waals surface area contributed by atoms with Crippen LogP contribution in [0.1, 0.15) is 45.4 Å². The Hall–Kier alpha value is 0.200. The zero-order valence-corrected chi connectivity index (χ0v) is 10.3. The van der Waals surface area contributed by atoms with Crippen molar-refractivity contribution in [2.75, 3.05) is 5.88 Å². The van der Waals surface area contributed by atoms with Gasteiger partial charge in [-0.25, -0.2) is 13.6 Å². The first-order chi connectivity index (χ1) is 6.52. The molecule has 0 spiro atoms. The standard InChI is InChI=1S/C9H20ClNO2S/c1-2-6-9(14(11,12)13)7-4-3-5-8-10/h9H,2-8H2,1H3,(H2,11,12,13). The maximum absolute atomic E-state index is 11.1. The SMILES string of the molecule is CCCC(CCCCCCl)S(N)(=O)=O. The Morgan fingerprint density at radius 1 is 1.21 bits per heavy atom. The van der Waals surface area contributed by atoms with Crippen LogP contribution in [0.15, 0.2) is 0 Å². The van der Waals surface area contributed by atoms with Gasteiger partial charge in [-0.3, -0.25) is 0 Å². The first kappa shape index (κ1) is 14.2. The van der Waals surface area contributed by atoms with Crippen molar-refractivity contribution < 1.29 is 8.42 Å². The molecule has 1 unspecified atom stereocenters. The molecule has 0 amide bonds. The van der Waals surface area contributed by atoms with Crippen LogP contribution in [0.5, 0.6) is 0 Å². The number of primary sulfonamides is 1. The van der Waals surface area contributed by atoms with E-state index in [1.54, 1.807) is 0 Å². The van der Waals surface area contributed by atoms with E-state index >= 15 is 0 Å². The van der Waals surface area contributed by atoms with Gasteiger partial charge < -0.3 is 0 Å². The molecule has 0 fully saturated rings. The molecule has 0 aliphatic rings. The number of sulfonamides is 1. The third kappa shape index (κ3) is 6.62. The Bertz CT molecular complexity index is 229. The molecular weight excluding hydrogens is 222 g/mol. The smallest absolute Gasteiger partial charge is 0.211 e. The lowest BCUT2D eigenvalue weighted by Crippen LogP contribution is -2.28. The lowest BCUT2D eigenvalue weighted by atomic mass is 10.1. The number of alkyl halides is 1. The fourth-order valence-electron chi connectivity index (χ4n) is 1.44. The average molecular weight is 242 g/mol. The molecule has 0 heterocycles. The molecule has 1 atom stereocenters. The minimum Gasteiger partial charge on any atom is -0.228 e. The molecule has 0 aliphatic carbocycles. The molecule has 14 heavy (non-hydrogen) atoms. The van der Waals surface area contributed by atoms with Crippen LogP contribution < -0.4 is 5.14 Å². The van der Waals surface area contributed by atoms with E-state index in [2.05, 4.69) is 0 Å². The molecule has 0 aliphatic heterocycles. The van der Waals surface area contributed by atoms with E-state index in [1.165, 1.54) is 0 Å². The lowest BCUT2D eigenvalue weighted by Gasteiger charge is -2.12. The minimum atomic E-state index is -3.35. The van der Waals surface area contributed by atoms with Gasteiger partial charge in [-0.1, -0.05) is 26.2 Å². The minimum absolute atomic E-state index is 0.358. The second kappa shape index (κ2) is 7.49. The molecule has 5 heteroatoms. The lowest BCUT2D eigenvalue weighted by molar-refractivity contribution is 0.544. The molecule has 0 aromatic rings. The van der Waals surface area contributed by atoms with E-state index in [1.807, 2.05) is 6.92 Å². The van der Waals surface area contributed by atoms with Crippen LogP contribution in [-0.4, -0.2) is 19.5 Å². The third-order valence-electron chi connectivity index (χ3n) is 2.23. The topological polar surface area (TPSA) is 60.2 Å². The number of hydrogen-bond donors (Lipinski definition) is 1. The van der Waals surface area contributed by atoms with E-state index in [4.69, 9.17) is 16.7 Å². The molecule has 0 aromatic heterocycles. The number of rotatable bonds is 8. The van der Waals surface area contributed by atoms with Crippen molar-refractivity contribution in [3.05, 3.63) is 0 Å². The van der Waals surface area contributed by atoms with Crippen molar-refractivity contribution >= 4 is 21.6 Å². The van der Waals surface area contributed by atoms with Gasteiger partial charge in [0.25, 0.3) is 0 Å². The second-order valence-corrected chi connectivity index (χ2v) is 5.76. The summed E-state index contributed by atoms with van der Waals surface area (Å²) in [6, 6.07) is 0. The highest BCUT2D eigenvalue weighted by Crippen LogP contribution is 2.14. The summed E-state index contributed by atoms with van der Waals surface area (Å²) < 4.78 is 22.3. The van der Waals surface area contributed by atoms with Crippen molar-refractivity contribution in [3.63, 3.8) is 0 Å². The summed E-state index contributed by atoms with van der Waals surface area (Å²) in [6.45, 7) is 1.97. The van der Waals surface area contributed by atoms with Gasteiger partial charge in [0.1, 0.15) is 0 Å². The predicted molar refractivity (Wildman–Crippen MR) is 61.0 cm³/mol. The third-order valence-corrected chi connectivity index (χ3v) is 3.90. The zero-order chi connectivity index (χ0) is 11.0. The first-order valence-corrected chi connectivity index (χ1v) is 7.24. The van der Waals surface area contributed by atoms with E-state index in [-0.39, 0.29) is 5.25 Å². The molecule has 0 radical (unpaired) electrons. The maximum Gasteiger partial charge on any atom is 0.211 e. The molecule has 0 bridgehead atoms. The van der Waals surface area contributed by atoms with Gasteiger partial charge in [-0.2, -0.15) is 0 Å². The Labute approximate surface area is 92.1 Å². The normalized spacial score (nSPS) is 14.2. The summed E-state index contributed by atoms with van der Waals surface area (Å²) in [7, 11) is -3.35. The number of hydrogen-bond acceptors (Lipinski definition) is 2. The van der Waals surface area contributed by atoms with Gasteiger partial charge in [0.15, 0.2) is 0 Å². The summed E-state index contributed by atoms with van der Waals surface area (Å²) in [5.74, 6) is 0.647. The average Bonchev–Trinajstić information content (AvgIpc) is 2.08. The molecule has 86 valence electrons. The van der Waals surface area contributed by atoms with Crippen LogP contribution in [0, 0.1) is 0 Å². The molecule has 0 saturated heterocycles. The Morgan fingerprint density at radius 3 is 2.29 bits per heavy atom. The van der Waals surface area contributed by atoms with Crippen molar-refractivity contribution in [1.29, 1.82) is 0 Å². The largest absolute Gasteiger partial charge is 0.228 e. The highest BCUT2D eigenvalue weighted by atomic mass is 35.5. The monoisotopic (exact) mass is 241 g/mol. The van der Waals surface area contributed by atoms with Crippen LogP contribution in [0.4, 0.5) is 0 Å². The quantitative estimate of drug-likeness (QED) is 0.523. The predicted octanol–water partition coefficient (Wildman–Crippen LogP) is 2.24. The highest BCUT2D eigenvalue weighted by molar-refractivity contribution is 7.89. The Morgan fingerprint density at radius 2 is 1.86 bits per heavy atom. The summed E-state index contributed by atoms with van der Waals surface area (Å²) >= 11 is 5.52. The number of unbranched alkanes of at least 4 members (excludes halogenated alkanes) is 2. The van der Waals surface area contributed by atoms with Gasteiger partial charge >= 0.3 is 0 Å².